The Morgan fingerprint density at radius 3 is 2.30 bits per heavy atom. The smallest absolute Gasteiger partial charge is 0.327 e. The summed E-state index contributed by atoms with van der Waals surface area (Å²) in [6.45, 7) is 3.39. The summed E-state index contributed by atoms with van der Waals surface area (Å²) >= 11 is 0. The largest absolute Gasteiger partial charge is 0.469 e. The topological polar surface area (TPSA) is 101 Å². The van der Waals surface area contributed by atoms with Crippen LogP contribution < -0.4 is 0 Å². The van der Waals surface area contributed by atoms with Gasteiger partial charge in [-0.3, -0.25) is 14.5 Å². The lowest BCUT2D eigenvalue weighted by Gasteiger charge is -2.22. The molecule has 1 heterocycles. The van der Waals surface area contributed by atoms with E-state index in [-0.39, 0.29) is 25.3 Å². The third-order valence-corrected chi connectivity index (χ3v) is 5.17. The summed E-state index contributed by atoms with van der Waals surface area (Å²) in [6, 6.07) is -0.417. The number of imide groups is 1. The fraction of sp³-hybridized carbons (Fsp3) is 0.769. The number of urea groups is 1. The number of carbonyl (C=O) groups is 3. The van der Waals surface area contributed by atoms with Gasteiger partial charge < -0.3 is 9.64 Å². The van der Waals surface area contributed by atoms with Crippen LogP contribution in [-0.4, -0.2) is 68.1 Å². The maximum atomic E-state index is 12.2. The SMILES string of the molecule is COC(=O)C(CCCN1C(=O)N(C)C(C)(C)C1=O)CS(=O)(=O)Cl. The molecule has 1 rings (SSSR count). The molecule has 1 aliphatic heterocycles. The maximum absolute atomic E-state index is 12.2. The van der Waals surface area contributed by atoms with Crippen molar-refractivity contribution in [3.8, 4) is 0 Å². The molecule has 0 radical (unpaired) electrons. The van der Waals surface area contributed by atoms with E-state index in [1.807, 2.05) is 0 Å². The van der Waals surface area contributed by atoms with Crippen molar-refractivity contribution in [2.75, 3.05) is 26.5 Å². The fourth-order valence-electron chi connectivity index (χ4n) is 2.35. The van der Waals surface area contributed by atoms with Gasteiger partial charge in [-0.1, -0.05) is 0 Å². The van der Waals surface area contributed by atoms with Gasteiger partial charge in [0.1, 0.15) is 5.54 Å². The molecule has 0 spiro atoms. The second kappa shape index (κ2) is 7.04. The number of nitrogens with zero attached hydrogens (tertiary/aromatic N) is 2. The zero-order valence-electron chi connectivity index (χ0n) is 13.5. The molecule has 1 fully saturated rings. The highest BCUT2D eigenvalue weighted by molar-refractivity contribution is 8.13. The first-order valence-corrected chi connectivity index (χ1v) is 9.49. The minimum absolute atomic E-state index is 0.0985. The maximum Gasteiger partial charge on any atom is 0.327 e. The lowest BCUT2D eigenvalue weighted by molar-refractivity contribution is -0.144. The van der Waals surface area contributed by atoms with E-state index < -0.39 is 38.3 Å². The van der Waals surface area contributed by atoms with Crippen molar-refractivity contribution in [1.29, 1.82) is 0 Å². The molecule has 8 nitrogen and oxygen atoms in total. The Bertz CT molecular complexity index is 604. The van der Waals surface area contributed by atoms with Crippen molar-refractivity contribution in [3.63, 3.8) is 0 Å². The average Bonchev–Trinajstić information content (AvgIpc) is 2.58. The van der Waals surface area contributed by atoms with Gasteiger partial charge in [-0.2, -0.15) is 0 Å². The highest BCUT2D eigenvalue weighted by Gasteiger charge is 2.48. The summed E-state index contributed by atoms with van der Waals surface area (Å²) in [6.07, 6.45) is 0.410. The Balaban J connectivity index is 2.68. The van der Waals surface area contributed by atoms with Gasteiger partial charge in [-0.15, -0.1) is 0 Å². The van der Waals surface area contributed by atoms with Gasteiger partial charge >= 0.3 is 12.0 Å². The highest BCUT2D eigenvalue weighted by Crippen LogP contribution is 2.26. The molecule has 0 aromatic rings. The third-order valence-electron chi connectivity index (χ3n) is 3.99. The van der Waals surface area contributed by atoms with Gasteiger partial charge in [0.25, 0.3) is 5.91 Å². The van der Waals surface area contributed by atoms with Gasteiger partial charge in [0.2, 0.25) is 9.05 Å². The number of methoxy groups -OCH3 is 1. The first-order chi connectivity index (χ1) is 10.4. The van der Waals surface area contributed by atoms with Crippen molar-refractivity contribution in [1.82, 2.24) is 9.80 Å². The number of ether oxygens (including phenoxy) is 1. The van der Waals surface area contributed by atoms with Crippen LogP contribution in [0.2, 0.25) is 0 Å². The van der Waals surface area contributed by atoms with Crippen LogP contribution in [-0.2, 0) is 23.4 Å². The van der Waals surface area contributed by atoms with Gasteiger partial charge in [0.15, 0.2) is 0 Å². The average molecular weight is 369 g/mol. The van der Waals surface area contributed by atoms with E-state index in [4.69, 9.17) is 10.7 Å². The molecule has 10 heteroatoms. The summed E-state index contributed by atoms with van der Waals surface area (Å²) in [5.74, 6) is -2.49. The molecule has 0 saturated carbocycles. The molecule has 3 amide bonds. The minimum atomic E-state index is -3.86. The van der Waals surface area contributed by atoms with Crippen LogP contribution in [0.3, 0.4) is 0 Å². The zero-order chi connectivity index (χ0) is 18.0. The van der Waals surface area contributed by atoms with E-state index in [9.17, 15) is 22.8 Å². The summed E-state index contributed by atoms with van der Waals surface area (Å²) < 4.78 is 26.8. The van der Waals surface area contributed by atoms with Gasteiger partial charge in [0.05, 0.1) is 18.8 Å². The summed E-state index contributed by atoms with van der Waals surface area (Å²) in [5, 5.41) is 0. The predicted octanol–water partition coefficient (Wildman–Crippen LogP) is 0.797. The first kappa shape index (κ1) is 19.7. The summed E-state index contributed by atoms with van der Waals surface area (Å²) in [7, 11) is 4.01. The molecule has 0 aromatic heterocycles. The number of hydrogen-bond acceptors (Lipinski definition) is 6. The molecular formula is C13H21ClN2O6S. The summed E-state index contributed by atoms with van der Waals surface area (Å²) in [5.41, 5.74) is -0.918. The molecule has 1 saturated heterocycles. The second-order valence-electron chi connectivity index (χ2n) is 5.93. The quantitative estimate of drug-likeness (QED) is 0.374. The monoisotopic (exact) mass is 368 g/mol. The van der Waals surface area contributed by atoms with Crippen LogP contribution in [0.4, 0.5) is 4.79 Å². The number of likely N-dealkylation sites (N-methyl/N-ethyl adjacent to an activating group) is 1. The second-order valence-corrected chi connectivity index (χ2v) is 8.75. The zero-order valence-corrected chi connectivity index (χ0v) is 15.1. The molecular weight excluding hydrogens is 348 g/mol. The fourth-order valence-corrected chi connectivity index (χ4v) is 3.59. The van der Waals surface area contributed by atoms with E-state index in [0.717, 1.165) is 12.0 Å². The number of esters is 1. The molecule has 1 unspecified atom stereocenters. The number of hydrogen-bond donors (Lipinski definition) is 0. The lowest BCUT2D eigenvalue weighted by Crippen LogP contribution is -2.41. The van der Waals surface area contributed by atoms with Crippen LogP contribution in [0.15, 0.2) is 0 Å². The van der Waals surface area contributed by atoms with Crippen LogP contribution in [0.5, 0.6) is 0 Å². The van der Waals surface area contributed by atoms with Crippen LogP contribution >= 0.6 is 10.7 Å². The molecule has 1 atom stereocenters. The van der Waals surface area contributed by atoms with E-state index in [1.54, 1.807) is 13.8 Å². The van der Waals surface area contributed by atoms with Crippen molar-refractivity contribution >= 4 is 37.6 Å². The number of rotatable bonds is 7. The van der Waals surface area contributed by atoms with Gasteiger partial charge in [-0.25, -0.2) is 13.2 Å². The highest BCUT2D eigenvalue weighted by atomic mass is 35.7. The van der Waals surface area contributed by atoms with Crippen LogP contribution in [0.1, 0.15) is 26.7 Å². The molecule has 1 aliphatic rings. The summed E-state index contributed by atoms with van der Waals surface area (Å²) in [4.78, 5) is 38.3. The molecule has 0 aromatic carbocycles. The first-order valence-electron chi connectivity index (χ1n) is 7.01. The van der Waals surface area contributed by atoms with Crippen LogP contribution in [0, 0.1) is 5.92 Å². The van der Waals surface area contributed by atoms with E-state index in [2.05, 4.69) is 4.74 Å². The Labute approximate surface area is 140 Å². The number of amides is 3. The number of carbonyl (C=O) groups excluding carboxylic acids is 3. The predicted molar refractivity (Wildman–Crippen MR) is 83.3 cm³/mol. The molecule has 0 aliphatic carbocycles. The standard InChI is InChI=1S/C13H21ClN2O6S/c1-13(2)11(18)16(12(19)15(13)3)7-5-6-9(10(17)22-4)8-23(14,20)21/h9H,5-8H2,1-4H3. The van der Waals surface area contributed by atoms with Gasteiger partial charge in [0, 0.05) is 24.3 Å². The molecule has 0 N–H and O–H groups in total. The van der Waals surface area contributed by atoms with Crippen molar-refractivity contribution in [2.45, 2.75) is 32.2 Å². The molecule has 132 valence electrons. The Kier molecular flexibility index (Phi) is 6.03. The Morgan fingerprint density at radius 2 is 1.91 bits per heavy atom. The number of halogens is 1. The van der Waals surface area contributed by atoms with Gasteiger partial charge in [-0.05, 0) is 26.7 Å². The molecule has 0 bridgehead atoms. The van der Waals surface area contributed by atoms with E-state index in [0.29, 0.717) is 0 Å². The Hall–Kier alpha value is -1.35. The Morgan fingerprint density at radius 1 is 1.35 bits per heavy atom. The van der Waals surface area contributed by atoms with Crippen LogP contribution in [0.25, 0.3) is 0 Å². The molecule has 23 heavy (non-hydrogen) atoms. The lowest BCUT2D eigenvalue weighted by atomic mass is 10.0. The third kappa shape index (κ3) is 4.57. The normalized spacial score (nSPS) is 19.2. The minimum Gasteiger partial charge on any atom is -0.469 e. The van der Waals surface area contributed by atoms with Crippen molar-refractivity contribution < 1.29 is 27.5 Å². The van der Waals surface area contributed by atoms with Crippen molar-refractivity contribution in [2.24, 2.45) is 5.92 Å². The van der Waals surface area contributed by atoms with E-state index >= 15 is 0 Å². The van der Waals surface area contributed by atoms with Crippen molar-refractivity contribution in [3.05, 3.63) is 0 Å². The van der Waals surface area contributed by atoms with E-state index in [1.165, 1.54) is 11.9 Å².